The molecular formula is C20H29N5O4. The monoisotopic (exact) mass is 403 g/mol. The third kappa shape index (κ3) is 5.44. The predicted molar refractivity (Wildman–Crippen MR) is 106 cm³/mol. The molecule has 1 amide bonds. The maximum Gasteiger partial charge on any atom is 0.356 e. The number of nitrogens with one attached hydrogen (secondary N) is 2. The molecule has 0 spiro atoms. The lowest BCUT2D eigenvalue weighted by atomic mass is 10.1. The molecule has 29 heavy (non-hydrogen) atoms. The van der Waals surface area contributed by atoms with Gasteiger partial charge in [-0.1, -0.05) is 6.92 Å². The topological polar surface area (TPSA) is 111 Å². The molecule has 0 saturated heterocycles. The van der Waals surface area contributed by atoms with Crippen LogP contribution >= 0.6 is 0 Å². The molecule has 0 radical (unpaired) electrons. The number of fused-ring (bicyclic) bond motifs is 1. The largest absolute Gasteiger partial charge is 0.461 e. The fourth-order valence-electron chi connectivity index (χ4n) is 3.39. The van der Waals surface area contributed by atoms with Crippen molar-refractivity contribution in [3.63, 3.8) is 0 Å². The van der Waals surface area contributed by atoms with Crippen molar-refractivity contribution < 1.29 is 19.1 Å². The van der Waals surface area contributed by atoms with Crippen LogP contribution in [0.25, 0.3) is 0 Å². The Kier molecular flexibility index (Phi) is 7.40. The molecule has 0 unspecified atom stereocenters. The van der Waals surface area contributed by atoms with Gasteiger partial charge in [-0.2, -0.15) is 5.10 Å². The van der Waals surface area contributed by atoms with Crippen molar-refractivity contribution in [2.45, 2.75) is 52.5 Å². The first-order valence-corrected chi connectivity index (χ1v) is 10.2. The molecule has 0 saturated carbocycles. The van der Waals surface area contributed by atoms with Crippen molar-refractivity contribution in [2.75, 3.05) is 26.4 Å². The highest BCUT2D eigenvalue weighted by molar-refractivity contribution is 5.96. The van der Waals surface area contributed by atoms with Crippen LogP contribution in [0.3, 0.4) is 0 Å². The number of esters is 1. The maximum absolute atomic E-state index is 12.7. The first-order valence-electron chi connectivity index (χ1n) is 10.2. The van der Waals surface area contributed by atoms with E-state index in [1.807, 2.05) is 11.6 Å². The van der Waals surface area contributed by atoms with Crippen LogP contribution in [-0.2, 0) is 28.9 Å². The Labute approximate surface area is 170 Å². The Morgan fingerprint density at radius 3 is 2.93 bits per heavy atom. The third-order valence-corrected chi connectivity index (χ3v) is 4.82. The molecule has 0 aliphatic carbocycles. The molecule has 158 valence electrons. The van der Waals surface area contributed by atoms with Gasteiger partial charge >= 0.3 is 5.97 Å². The summed E-state index contributed by atoms with van der Waals surface area (Å²) in [5.41, 5.74) is 2.78. The van der Waals surface area contributed by atoms with Gasteiger partial charge in [0.1, 0.15) is 11.5 Å². The first-order chi connectivity index (χ1) is 14.1. The summed E-state index contributed by atoms with van der Waals surface area (Å²) in [6, 6.07) is 0. The number of aromatic nitrogens is 4. The van der Waals surface area contributed by atoms with E-state index in [1.165, 1.54) is 6.20 Å². The van der Waals surface area contributed by atoms with Crippen LogP contribution in [0.15, 0.2) is 6.20 Å². The number of aromatic amines is 1. The summed E-state index contributed by atoms with van der Waals surface area (Å²) >= 11 is 0. The molecule has 3 rings (SSSR count). The number of amides is 1. The fraction of sp³-hybridized carbons (Fsp3) is 0.600. The zero-order chi connectivity index (χ0) is 20.6. The van der Waals surface area contributed by atoms with Crippen molar-refractivity contribution in [2.24, 2.45) is 0 Å². The Balaban J connectivity index is 1.65. The number of hydrogen-bond acceptors (Lipinski definition) is 6. The van der Waals surface area contributed by atoms with Crippen LogP contribution in [0.5, 0.6) is 0 Å². The molecule has 2 aromatic rings. The second-order valence-electron chi connectivity index (χ2n) is 7.04. The molecule has 0 atom stereocenters. The average Bonchev–Trinajstić information content (AvgIpc) is 3.29. The number of hydrogen-bond donors (Lipinski definition) is 2. The van der Waals surface area contributed by atoms with Gasteiger partial charge in [-0.25, -0.2) is 9.78 Å². The summed E-state index contributed by atoms with van der Waals surface area (Å²) in [6.45, 7) is 6.54. The van der Waals surface area contributed by atoms with Crippen LogP contribution in [0.2, 0.25) is 0 Å². The van der Waals surface area contributed by atoms with Gasteiger partial charge in [0, 0.05) is 32.7 Å². The van der Waals surface area contributed by atoms with Crippen LogP contribution in [0, 0.1) is 6.92 Å². The minimum absolute atomic E-state index is 0.0638. The fourth-order valence-corrected chi connectivity index (χ4v) is 3.39. The molecule has 9 heteroatoms. The highest BCUT2D eigenvalue weighted by atomic mass is 16.5. The molecule has 0 fully saturated rings. The minimum atomic E-state index is -0.420. The Hall–Kier alpha value is -2.68. The second-order valence-corrected chi connectivity index (χ2v) is 7.04. The number of carbonyl (C=O) groups excluding carboxylic acids is 2. The third-order valence-electron chi connectivity index (χ3n) is 4.82. The van der Waals surface area contributed by atoms with Crippen LogP contribution in [0.1, 0.15) is 64.2 Å². The van der Waals surface area contributed by atoms with Crippen molar-refractivity contribution in [1.82, 2.24) is 25.1 Å². The Morgan fingerprint density at radius 2 is 2.17 bits per heavy atom. The quantitative estimate of drug-likeness (QED) is 0.562. The molecule has 1 aliphatic heterocycles. The summed E-state index contributed by atoms with van der Waals surface area (Å²) < 4.78 is 12.8. The highest BCUT2D eigenvalue weighted by Crippen LogP contribution is 2.19. The average molecular weight is 403 g/mol. The van der Waals surface area contributed by atoms with Gasteiger partial charge in [0.25, 0.3) is 5.91 Å². The Bertz CT molecular complexity index is 842. The van der Waals surface area contributed by atoms with E-state index >= 15 is 0 Å². The predicted octanol–water partition coefficient (Wildman–Crippen LogP) is 1.81. The second kappa shape index (κ2) is 10.2. The molecule has 0 aromatic carbocycles. The molecule has 9 nitrogen and oxygen atoms in total. The lowest BCUT2D eigenvalue weighted by molar-refractivity contribution is 0.0488. The zero-order valence-electron chi connectivity index (χ0n) is 17.1. The van der Waals surface area contributed by atoms with Gasteiger partial charge in [-0.3, -0.25) is 9.48 Å². The molecule has 2 aromatic heterocycles. The van der Waals surface area contributed by atoms with E-state index in [4.69, 9.17) is 9.47 Å². The van der Waals surface area contributed by atoms with Crippen molar-refractivity contribution in [3.05, 3.63) is 34.7 Å². The standard InChI is InChI=1S/C20H29N5O4/c1-3-15-18-17(7-4-10-28-11-5-8-21-19(18)26)25(24-15)9-6-12-29-20(27)16-13-22-14(2)23-16/h13H,3-12H2,1-2H3,(H,21,26)(H,22,23). The lowest BCUT2D eigenvalue weighted by Gasteiger charge is -2.10. The summed E-state index contributed by atoms with van der Waals surface area (Å²) in [5, 5.41) is 7.64. The van der Waals surface area contributed by atoms with Gasteiger partial charge in [0.15, 0.2) is 0 Å². The van der Waals surface area contributed by atoms with E-state index in [1.54, 1.807) is 6.92 Å². The number of imidazole rings is 1. The van der Waals surface area contributed by atoms with Crippen LogP contribution < -0.4 is 5.32 Å². The summed E-state index contributed by atoms with van der Waals surface area (Å²) in [7, 11) is 0. The number of carbonyl (C=O) groups is 2. The van der Waals surface area contributed by atoms with Crippen molar-refractivity contribution in [1.29, 1.82) is 0 Å². The first kappa shape index (κ1) is 21.0. The smallest absolute Gasteiger partial charge is 0.356 e. The van der Waals surface area contributed by atoms with Gasteiger partial charge in [0.05, 0.1) is 29.8 Å². The van der Waals surface area contributed by atoms with Crippen LogP contribution in [-0.4, -0.2) is 58.0 Å². The van der Waals surface area contributed by atoms with E-state index in [0.29, 0.717) is 56.2 Å². The normalized spacial score (nSPS) is 15.3. The highest BCUT2D eigenvalue weighted by Gasteiger charge is 2.22. The summed E-state index contributed by atoms with van der Waals surface area (Å²) in [6.07, 6.45) is 5.13. The van der Waals surface area contributed by atoms with E-state index < -0.39 is 5.97 Å². The van der Waals surface area contributed by atoms with Crippen LogP contribution in [0.4, 0.5) is 0 Å². The lowest BCUT2D eigenvalue weighted by Crippen LogP contribution is -2.26. The number of ether oxygens (including phenoxy) is 2. The molecule has 3 heterocycles. The zero-order valence-corrected chi connectivity index (χ0v) is 17.1. The number of rotatable bonds is 6. The Morgan fingerprint density at radius 1 is 1.34 bits per heavy atom. The van der Waals surface area contributed by atoms with Gasteiger partial charge < -0.3 is 19.8 Å². The van der Waals surface area contributed by atoms with Gasteiger partial charge in [-0.15, -0.1) is 0 Å². The number of aryl methyl sites for hydroxylation is 3. The van der Waals surface area contributed by atoms with E-state index in [0.717, 1.165) is 30.7 Å². The molecule has 2 N–H and O–H groups in total. The summed E-state index contributed by atoms with van der Waals surface area (Å²) in [4.78, 5) is 31.6. The van der Waals surface area contributed by atoms with Crippen molar-refractivity contribution >= 4 is 11.9 Å². The molecule has 1 aliphatic rings. The SMILES string of the molecule is CCc1nn(CCCOC(=O)c2cnc(C)[nH]2)c2c1C(=O)NCCCOCCC2. The van der Waals surface area contributed by atoms with E-state index in [9.17, 15) is 9.59 Å². The number of H-pyrrole nitrogens is 1. The molecule has 0 bridgehead atoms. The molecular weight excluding hydrogens is 374 g/mol. The minimum Gasteiger partial charge on any atom is -0.461 e. The maximum atomic E-state index is 12.7. The van der Waals surface area contributed by atoms with Gasteiger partial charge in [-0.05, 0) is 32.6 Å². The summed E-state index contributed by atoms with van der Waals surface area (Å²) in [5.74, 6) is 0.186. The van der Waals surface area contributed by atoms with E-state index in [-0.39, 0.29) is 12.5 Å². The number of nitrogens with zero attached hydrogens (tertiary/aromatic N) is 3. The van der Waals surface area contributed by atoms with Crippen molar-refractivity contribution in [3.8, 4) is 0 Å². The van der Waals surface area contributed by atoms with Gasteiger partial charge in [0.2, 0.25) is 0 Å². The van der Waals surface area contributed by atoms with E-state index in [2.05, 4.69) is 20.4 Å².